The number of hydrazine groups is 1. The maximum atomic E-state index is 5.84. The SMILES string of the molecule is CC1=C(I)NNC(Cl)N1C. The monoisotopic (exact) mass is 273 g/mol. The molecule has 0 fully saturated rings. The van der Waals surface area contributed by atoms with E-state index in [1.165, 1.54) is 0 Å². The van der Waals surface area contributed by atoms with Gasteiger partial charge in [0.15, 0.2) is 5.62 Å². The summed E-state index contributed by atoms with van der Waals surface area (Å²) in [6, 6.07) is 0. The summed E-state index contributed by atoms with van der Waals surface area (Å²) in [5.74, 6) is 0. The van der Waals surface area contributed by atoms with Crippen LogP contribution < -0.4 is 10.9 Å². The van der Waals surface area contributed by atoms with Crippen molar-refractivity contribution in [3.8, 4) is 0 Å². The molecule has 0 bridgehead atoms. The normalized spacial score (nSPS) is 26.8. The third-order valence-corrected chi connectivity index (χ3v) is 2.94. The van der Waals surface area contributed by atoms with Crippen LogP contribution in [0.3, 0.4) is 0 Å². The highest BCUT2D eigenvalue weighted by Gasteiger charge is 2.17. The highest BCUT2D eigenvalue weighted by Crippen LogP contribution is 2.18. The fourth-order valence-corrected chi connectivity index (χ4v) is 1.37. The summed E-state index contributed by atoms with van der Waals surface area (Å²) in [7, 11) is 1.94. The Morgan fingerprint density at radius 1 is 1.70 bits per heavy atom. The summed E-state index contributed by atoms with van der Waals surface area (Å²) < 4.78 is 1.08. The Hall–Kier alpha value is 0.320. The molecule has 1 atom stereocenters. The second-order valence-corrected chi connectivity index (χ2v) is 3.61. The van der Waals surface area contributed by atoms with Crippen molar-refractivity contribution in [2.24, 2.45) is 0 Å². The molecule has 58 valence electrons. The Morgan fingerprint density at radius 3 is 2.80 bits per heavy atom. The van der Waals surface area contributed by atoms with Crippen molar-refractivity contribution in [1.82, 2.24) is 15.8 Å². The van der Waals surface area contributed by atoms with Crippen LogP contribution in [0.15, 0.2) is 9.40 Å². The van der Waals surface area contributed by atoms with E-state index in [0.29, 0.717) is 0 Å². The van der Waals surface area contributed by atoms with Gasteiger partial charge in [-0.3, -0.25) is 0 Å². The fourth-order valence-electron chi connectivity index (χ4n) is 0.635. The van der Waals surface area contributed by atoms with E-state index in [2.05, 4.69) is 33.4 Å². The van der Waals surface area contributed by atoms with Gasteiger partial charge in [0, 0.05) is 12.7 Å². The molecule has 10 heavy (non-hydrogen) atoms. The zero-order valence-corrected chi connectivity index (χ0v) is 8.69. The minimum Gasteiger partial charge on any atom is -0.347 e. The van der Waals surface area contributed by atoms with Crippen molar-refractivity contribution in [2.75, 3.05) is 7.05 Å². The van der Waals surface area contributed by atoms with E-state index in [1.54, 1.807) is 0 Å². The molecule has 1 aliphatic heterocycles. The zero-order chi connectivity index (χ0) is 7.72. The lowest BCUT2D eigenvalue weighted by Crippen LogP contribution is -2.49. The lowest BCUT2D eigenvalue weighted by Gasteiger charge is -2.32. The quantitative estimate of drug-likeness (QED) is 0.394. The van der Waals surface area contributed by atoms with Crippen molar-refractivity contribution in [3.05, 3.63) is 9.40 Å². The van der Waals surface area contributed by atoms with E-state index in [-0.39, 0.29) is 5.62 Å². The second-order valence-electron chi connectivity index (χ2n) is 2.12. The van der Waals surface area contributed by atoms with E-state index in [1.807, 2.05) is 18.9 Å². The number of halogens is 2. The van der Waals surface area contributed by atoms with E-state index >= 15 is 0 Å². The number of hydrogen-bond donors (Lipinski definition) is 2. The van der Waals surface area contributed by atoms with Crippen molar-refractivity contribution in [3.63, 3.8) is 0 Å². The molecule has 1 rings (SSSR count). The van der Waals surface area contributed by atoms with Gasteiger partial charge in [0.05, 0.1) is 0 Å². The Balaban J connectivity index is 2.77. The number of rotatable bonds is 0. The molecular weight excluding hydrogens is 264 g/mol. The second kappa shape index (κ2) is 3.15. The van der Waals surface area contributed by atoms with Gasteiger partial charge in [-0.15, -0.1) is 0 Å². The van der Waals surface area contributed by atoms with Crippen LogP contribution in [-0.2, 0) is 0 Å². The van der Waals surface area contributed by atoms with Crippen LogP contribution in [0.4, 0.5) is 0 Å². The van der Waals surface area contributed by atoms with E-state index in [4.69, 9.17) is 11.6 Å². The minimum absolute atomic E-state index is 0.154. The lowest BCUT2D eigenvalue weighted by atomic mass is 10.5. The van der Waals surface area contributed by atoms with Gasteiger partial charge < -0.3 is 10.3 Å². The standard InChI is InChI=1S/C5H9ClIN3/c1-3-4(7)8-9-5(6)10(3)2/h5,8-9H,1-2H3. The van der Waals surface area contributed by atoms with Gasteiger partial charge in [0.25, 0.3) is 0 Å². The number of allylic oxidation sites excluding steroid dienone is 1. The van der Waals surface area contributed by atoms with Crippen LogP contribution in [0.2, 0.25) is 0 Å². The molecule has 0 aromatic carbocycles. The lowest BCUT2D eigenvalue weighted by molar-refractivity contribution is 0.292. The van der Waals surface area contributed by atoms with Crippen LogP contribution in [0.5, 0.6) is 0 Å². The fraction of sp³-hybridized carbons (Fsp3) is 0.600. The maximum absolute atomic E-state index is 5.84. The molecule has 0 saturated carbocycles. The van der Waals surface area contributed by atoms with Gasteiger partial charge in [-0.1, -0.05) is 11.6 Å². The molecule has 5 heteroatoms. The molecule has 1 unspecified atom stereocenters. The van der Waals surface area contributed by atoms with Crippen LogP contribution in [0, 0.1) is 0 Å². The van der Waals surface area contributed by atoms with Gasteiger partial charge in [-0.05, 0) is 29.5 Å². The van der Waals surface area contributed by atoms with Crippen molar-refractivity contribution >= 4 is 34.2 Å². The molecule has 0 aromatic heterocycles. The molecule has 1 heterocycles. The summed E-state index contributed by atoms with van der Waals surface area (Å²) in [6.45, 7) is 2.02. The first-order chi connectivity index (χ1) is 4.63. The molecule has 0 aromatic rings. The van der Waals surface area contributed by atoms with Crippen molar-refractivity contribution < 1.29 is 0 Å². The Morgan fingerprint density at radius 2 is 2.30 bits per heavy atom. The summed E-state index contributed by atoms with van der Waals surface area (Å²) in [6.07, 6.45) is 0. The van der Waals surface area contributed by atoms with Crippen molar-refractivity contribution in [2.45, 2.75) is 12.5 Å². The van der Waals surface area contributed by atoms with E-state index in [9.17, 15) is 0 Å². The zero-order valence-electron chi connectivity index (χ0n) is 5.78. The average molecular weight is 274 g/mol. The summed E-state index contributed by atoms with van der Waals surface area (Å²) >= 11 is 8.06. The molecule has 0 spiro atoms. The predicted molar refractivity (Wildman–Crippen MR) is 50.4 cm³/mol. The maximum Gasteiger partial charge on any atom is 0.173 e. The predicted octanol–water partition coefficient (Wildman–Crippen LogP) is 1.17. The molecule has 3 nitrogen and oxygen atoms in total. The Bertz CT molecular complexity index is 170. The van der Waals surface area contributed by atoms with Gasteiger partial charge in [0.1, 0.15) is 3.70 Å². The third kappa shape index (κ3) is 1.49. The number of alkyl halides is 1. The topological polar surface area (TPSA) is 27.3 Å². The molecule has 1 aliphatic rings. The van der Waals surface area contributed by atoms with Crippen LogP contribution in [-0.4, -0.2) is 17.6 Å². The first-order valence-corrected chi connectivity index (χ1v) is 4.39. The molecule has 0 saturated heterocycles. The largest absolute Gasteiger partial charge is 0.347 e. The third-order valence-electron chi connectivity index (χ3n) is 1.49. The number of nitrogens with zero attached hydrogens (tertiary/aromatic N) is 1. The average Bonchev–Trinajstić information content (AvgIpc) is 1.93. The number of hydrogen-bond acceptors (Lipinski definition) is 3. The molecule has 0 radical (unpaired) electrons. The molecule has 2 N–H and O–H groups in total. The van der Waals surface area contributed by atoms with Crippen LogP contribution in [0.1, 0.15) is 6.92 Å². The summed E-state index contributed by atoms with van der Waals surface area (Å²) in [4.78, 5) is 1.96. The van der Waals surface area contributed by atoms with E-state index < -0.39 is 0 Å². The van der Waals surface area contributed by atoms with Crippen LogP contribution >= 0.6 is 34.2 Å². The summed E-state index contributed by atoms with van der Waals surface area (Å²) in [5.41, 5.74) is 6.84. The smallest absolute Gasteiger partial charge is 0.173 e. The first-order valence-electron chi connectivity index (χ1n) is 2.87. The molecular formula is C5H9ClIN3. The van der Waals surface area contributed by atoms with Gasteiger partial charge in [-0.25, -0.2) is 5.43 Å². The number of nitrogens with one attached hydrogen (secondary N) is 2. The molecule has 0 aliphatic carbocycles. The molecule has 0 amide bonds. The van der Waals surface area contributed by atoms with Gasteiger partial charge >= 0.3 is 0 Å². The Kier molecular flexibility index (Phi) is 2.65. The van der Waals surface area contributed by atoms with Crippen LogP contribution in [0.25, 0.3) is 0 Å². The Labute approximate surface area is 78.9 Å². The highest BCUT2D eigenvalue weighted by molar-refractivity contribution is 14.1. The highest BCUT2D eigenvalue weighted by atomic mass is 127. The first kappa shape index (κ1) is 8.42. The van der Waals surface area contributed by atoms with E-state index in [0.717, 1.165) is 9.40 Å². The van der Waals surface area contributed by atoms with Crippen molar-refractivity contribution in [1.29, 1.82) is 0 Å². The minimum atomic E-state index is -0.154. The summed E-state index contributed by atoms with van der Waals surface area (Å²) in [5, 5.41) is 0. The van der Waals surface area contributed by atoms with Gasteiger partial charge in [0.2, 0.25) is 0 Å². The van der Waals surface area contributed by atoms with Gasteiger partial charge in [-0.2, -0.15) is 0 Å².